The molecular weight excluding hydrogens is 334 g/mol. The molecule has 124 valence electrons. The van der Waals surface area contributed by atoms with Gasteiger partial charge in [-0.1, -0.05) is 24.6 Å². The van der Waals surface area contributed by atoms with Gasteiger partial charge in [0.25, 0.3) is 0 Å². The summed E-state index contributed by atoms with van der Waals surface area (Å²) in [6.45, 7) is 2.95. The molecule has 0 atom stereocenters. The first-order chi connectivity index (χ1) is 11.1. The minimum absolute atomic E-state index is 0.110. The maximum atomic E-state index is 13.1. The monoisotopic (exact) mass is 353 g/mol. The van der Waals surface area contributed by atoms with Crippen molar-refractivity contribution < 1.29 is 17.9 Å². The maximum absolute atomic E-state index is 13.1. The third-order valence-electron chi connectivity index (χ3n) is 3.92. The van der Waals surface area contributed by atoms with E-state index in [2.05, 4.69) is 0 Å². The van der Waals surface area contributed by atoms with Crippen molar-refractivity contribution in [3.8, 4) is 0 Å². The van der Waals surface area contributed by atoms with Crippen molar-refractivity contribution >= 4 is 37.4 Å². The smallest absolute Gasteiger partial charge is 0.349 e. The van der Waals surface area contributed by atoms with E-state index in [-0.39, 0.29) is 16.4 Å². The second-order valence-electron chi connectivity index (χ2n) is 5.44. The number of sulfonamides is 1. The molecular formula is C16H19NO4S2. The minimum atomic E-state index is -3.70. The summed E-state index contributed by atoms with van der Waals surface area (Å²) in [7, 11) is -3.70. The lowest BCUT2D eigenvalue weighted by Crippen LogP contribution is -2.36. The molecule has 0 spiro atoms. The molecule has 1 fully saturated rings. The standard InChI is InChI=1S/C16H19NO4S2/c1-2-21-16(18)14-15(12-8-4-5-9-13(12)22-14)23(19,20)17-10-6-3-7-11-17/h4-5,8-9H,2-3,6-7,10-11H2,1H3. The number of benzene rings is 1. The number of nitrogens with zero attached hydrogens (tertiary/aromatic N) is 1. The van der Waals surface area contributed by atoms with E-state index in [1.54, 1.807) is 19.1 Å². The van der Waals surface area contributed by atoms with E-state index in [1.165, 1.54) is 15.6 Å². The molecule has 1 aromatic carbocycles. The molecule has 0 unspecified atom stereocenters. The van der Waals surface area contributed by atoms with Gasteiger partial charge in [0, 0.05) is 23.2 Å². The summed E-state index contributed by atoms with van der Waals surface area (Å²) in [5.74, 6) is -0.565. The molecule has 0 radical (unpaired) electrons. The van der Waals surface area contributed by atoms with Crippen LogP contribution in [-0.4, -0.2) is 38.4 Å². The molecule has 23 heavy (non-hydrogen) atoms. The van der Waals surface area contributed by atoms with Crippen molar-refractivity contribution in [2.24, 2.45) is 0 Å². The Balaban J connectivity index is 2.17. The number of piperidine rings is 1. The topological polar surface area (TPSA) is 63.7 Å². The number of carbonyl (C=O) groups is 1. The normalized spacial score (nSPS) is 16.6. The van der Waals surface area contributed by atoms with Gasteiger partial charge in [-0.15, -0.1) is 11.3 Å². The van der Waals surface area contributed by atoms with Gasteiger partial charge in [0.15, 0.2) is 0 Å². The van der Waals surface area contributed by atoms with Gasteiger partial charge >= 0.3 is 5.97 Å². The second-order valence-corrected chi connectivity index (χ2v) is 8.37. The average Bonchev–Trinajstić information content (AvgIpc) is 2.96. The lowest BCUT2D eigenvalue weighted by molar-refractivity contribution is 0.0528. The summed E-state index contributed by atoms with van der Waals surface area (Å²) < 4.78 is 33.6. The highest BCUT2D eigenvalue weighted by molar-refractivity contribution is 7.89. The summed E-state index contributed by atoms with van der Waals surface area (Å²) in [6.07, 6.45) is 2.76. The van der Waals surface area contributed by atoms with Crippen molar-refractivity contribution in [2.45, 2.75) is 31.1 Å². The summed E-state index contributed by atoms with van der Waals surface area (Å²) in [4.78, 5) is 12.6. The zero-order chi connectivity index (χ0) is 16.4. The van der Waals surface area contributed by atoms with Crippen LogP contribution >= 0.6 is 11.3 Å². The van der Waals surface area contributed by atoms with Gasteiger partial charge in [0.1, 0.15) is 9.77 Å². The molecule has 0 bridgehead atoms. The maximum Gasteiger partial charge on any atom is 0.349 e. The van der Waals surface area contributed by atoms with Crippen molar-refractivity contribution in [2.75, 3.05) is 19.7 Å². The molecule has 5 nitrogen and oxygen atoms in total. The Bertz CT molecular complexity index is 820. The van der Waals surface area contributed by atoms with E-state index >= 15 is 0 Å². The predicted molar refractivity (Wildman–Crippen MR) is 90.4 cm³/mol. The summed E-state index contributed by atoms with van der Waals surface area (Å²) in [6, 6.07) is 7.22. The van der Waals surface area contributed by atoms with Crippen LogP contribution in [0.4, 0.5) is 0 Å². The highest BCUT2D eigenvalue weighted by Crippen LogP contribution is 2.37. The van der Waals surface area contributed by atoms with Crippen LogP contribution in [0.1, 0.15) is 35.9 Å². The number of rotatable bonds is 4. The Kier molecular flexibility index (Phi) is 4.70. The highest BCUT2D eigenvalue weighted by Gasteiger charge is 2.34. The zero-order valence-corrected chi connectivity index (χ0v) is 14.6. The Morgan fingerprint density at radius 1 is 1.22 bits per heavy atom. The van der Waals surface area contributed by atoms with Crippen molar-refractivity contribution in [3.05, 3.63) is 29.1 Å². The summed E-state index contributed by atoms with van der Waals surface area (Å²) >= 11 is 1.18. The number of hydrogen-bond donors (Lipinski definition) is 0. The van der Waals surface area contributed by atoms with Gasteiger partial charge in [0.05, 0.1) is 6.61 Å². The Morgan fingerprint density at radius 3 is 2.61 bits per heavy atom. The van der Waals surface area contributed by atoms with Gasteiger partial charge in [-0.2, -0.15) is 4.31 Å². The number of hydrogen-bond acceptors (Lipinski definition) is 5. The fraction of sp³-hybridized carbons (Fsp3) is 0.438. The molecule has 3 rings (SSSR count). The quantitative estimate of drug-likeness (QED) is 0.792. The fourth-order valence-corrected chi connectivity index (χ4v) is 6.11. The van der Waals surface area contributed by atoms with E-state index in [0.717, 1.165) is 24.0 Å². The predicted octanol–water partition coefficient (Wildman–Crippen LogP) is 3.25. The molecule has 0 amide bonds. The van der Waals surface area contributed by atoms with E-state index in [4.69, 9.17) is 4.74 Å². The Morgan fingerprint density at radius 2 is 1.91 bits per heavy atom. The van der Waals surface area contributed by atoms with Crippen molar-refractivity contribution in [1.29, 1.82) is 0 Å². The average molecular weight is 353 g/mol. The first-order valence-electron chi connectivity index (χ1n) is 7.74. The molecule has 2 heterocycles. The lowest BCUT2D eigenvalue weighted by Gasteiger charge is -2.26. The molecule has 1 aliphatic rings. The number of thiophene rings is 1. The van der Waals surface area contributed by atoms with Gasteiger partial charge in [-0.25, -0.2) is 13.2 Å². The lowest BCUT2D eigenvalue weighted by atomic mass is 10.2. The van der Waals surface area contributed by atoms with Crippen molar-refractivity contribution in [3.63, 3.8) is 0 Å². The zero-order valence-electron chi connectivity index (χ0n) is 12.9. The van der Waals surface area contributed by atoms with Crippen LogP contribution in [-0.2, 0) is 14.8 Å². The third-order valence-corrected chi connectivity index (χ3v) is 7.19. The first-order valence-corrected chi connectivity index (χ1v) is 10.00. The Hall–Kier alpha value is -1.44. The molecule has 0 aliphatic carbocycles. The first kappa shape index (κ1) is 16.4. The van der Waals surface area contributed by atoms with Crippen LogP contribution in [0.3, 0.4) is 0 Å². The van der Waals surface area contributed by atoms with Crippen LogP contribution < -0.4 is 0 Å². The molecule has 2 aromatic rings. The minimum Gasteiger partial charge on any atom is -0.462 e. The van der Waals surface area contributed by atoms with Crippen LogP contribution in [0.5, 0.6) is 0 Å². The van der Waals surface area contributed by atoms with E-state index < -0.39 is 16.0 Å². The number of esters is 1. The summed E-state index contributed by atoms with van der Waals surface area (Å²) in [5, 5.41) is 0.603. The molecule has 1 aliphatic heterocycles. The molecule has 1 saturated heterocycles. The SMILES string of the molecule is CCOC(=O)c1sc2ccccc2c1S(=O)(=O)N1CCCCC1. The number of fused-ring (bicyclic) bond motifs is 1. The molecule has 1 aromatic heterocycles. The van der Waals surface area contributed by atoms with Crippen LogP contribution in [0.15, 0.2) is 29.2 Å². The fourth-order valence-electron chi connectivity index (χ4n) is 2.84. The molecule has 0 saturated carbocycles. The number of carbonyl (C=O) groups excluding carboxylic acids is 1. The highest BCUT2D eigenvalue weighted by atomic mass is 32.2. The number of ether oxygens (including phenoxy) is 1. The van der Waals surface area contributed by atoms with Crippen LogP contribution in [0.25, 0.3) is 10.1 Å². The third kappa shape index (κ3) is 3.00. The van der Waals surface area contributed by atoms with E-state index in [1.807, 2.05) is 12.1 Å². The van der Waals surface area contributed by atoms with Crippen LogP contribution in [0.2, 0.25) is 0 Å². The second kappa shape index (κ2) is 6.59. The van der Waals surface area contributed by atoms with Gasteiger partial charge in [0.2, 0.25) is 10.0 Å². The van der Waals surface area contributed by atoms with Crippen LogP contribution in [0, 0.1) is 0 Å². The van der Waals surface area contributed by atoms with Gasteiger partial charge < -0.3 is 4.74 Å². The van der Waals surface area contributed by atoms with Crippen molar-refractivity contribution in [1.82, 2.24) is 4.31 Å². The largest absolute Gasteiger partial charge is 0.462 e. The van der Waals surface area contributed by atoms with E-state index in [0.29, 0.717) is 18.5 Å². The molecule has 0 N–H and O–H groups in total. The summed E-state index contributed by atoms with van der Waals surface area (Å²) in [5.41, 5.74) is 0. The molecule has 7 heteroatoms. The van der Waals surface area contributed by atoms with Gasteiger partial charge in [-0.3, -0.25) is 0 Å². The Labute approximate surface area is 139 Å². The van der Waals surface area contributed by atoms with Gasteiger partial charge in [-0.05, 0) is 25.8 Å². The van der Waals surface area contributed by atoms with E-state index in [9.17, 15) is 13.2 Å².